The second kappa shape index (κ2) is 14.5. The van der Waals surface area contributed by atoms with Crippen LogP contribution < -0.4 is 20.7 Å². The van der Waals surface area contributed by atoms with Crippen molar-refractivity contribution in [2.75, 3.05) is 37.3 Å². The summed E-state index contributed by atoms with van der Waals surface area (Å²) in [4.78, 5) is 25.1. The van der Waals surface area contributed by atoms with Crippen LogP contribution in [-0.4, -0.2) is 60.3 Å². The van der Waals surface area contributed by atoms with Gasteiger partial charge in [0.2, 0.25) is 11.8 Å². The molecule has 1 fully saturated rings. The fourth-order valence-corrected chi connectivity index (χ4v) is 5.14. The molecule has 0 bridgehead atoms. The largest absolute Gasteiger partial charge is 0.504 e. The molecule has 4 N–H and O–H groups in total. The summed E-state index contributed by atoms with van der Waals surface area (Å²) in [6, 6.07) is 4.42. The minimum Gasteiger partial charge on any atom is -0.504 e. The maximum Gasteiger partial charge on any atom is 0.243 e. The van der Waals surface area contributed by atoms with Gasteiger partial charge in [-0.1, -0.05) is 25.3 Å². The number of benzene rings is 1. The predicted octanol–water partition coefficient (Wildman–Crippen LogP) is 2.73. The quantitative estimate of drug-likeness (QED) is 0.260. The molecular formula is C22H35N3O4S2. The highest BCUT2D eigenvalue weighted by molar-refractivity contribution is 7.99. The van der Waals surface area contributed by atoms with Crippen molar-refractivity contribution in [2.45, 2.75) is 44.7 Å². The number of thioether (sulfide) groups is 2. The van der Waals surface area contributed by atoms with E-state index in [-0.39, 0.29) is 30.7 Å². The molecule has 1 aliphatic rings. The molecule has 0 saturated heterocycles. The zero-order chi connectivity index (χ0) is 22.5. The average Bonchev–Trinajstić information content (AvgIpc) is 2.77. The van der Waals surface area contributed by atoms with Crippen LogP contribution >= 0.6 is 23.5 Å². The monoisotopic (exact) mass is 469 g/mol. The van der Waals surface area contributed by atoms with Crippen molar-refractivity contribution in [1.82, 2.24) is 16.0 Å². The first-order valence-electron chi connectivity index (χ1n) is 10.7. The summed E-state index contributed by atoms with van der Waals surface area (Å²) in [5, 5.41) is 18.7. The molecule has 2 amide bonds. The Balaban J connectivity index is 1.88. The Kier molecular flexibility index (Phi) is 12.0. The molecule has 0 aromatic heterocycles. The number of carbonyl (C=O) groups is 2. The molecule has 31 heavy (non-hydrogen) atoms. The number of hydrogen-bond donors (Lipinski definition) is 4. The second-order valence-electron chi connectivity index (χ2n) is 7.75. The number of ether oxygens (including phenoxy) is 1. The van der Waals surface area contributed by atoms with Gasteiger partial charge in [-0.3, -0.25) is 14.9 Å². The van der Waals surface area contributed by atoms with E-state index >= 15 is 0 Å². The molecule has 0 aliphatic heterocycles. The highest BCUT2D eigenvalue weighted by atomic mass is 32.2. The minimum atomic E-state index is -0.594. The van der Waals surface area contributed by atoms with E-state index in [9.17, 15) is 14.7 Å². The third-order valence-electron chi connectivity index (χ3n) is 5.26. The van der Waals surface area contributed by atoms with Crippen molar-refractivity contribution >= 4 is 35.3 Å². The van der Waals surface area contributed by atoms with Crippen molar-refractivity contribution in [3.8, 4) is 11.5 Å². The highest BCUT2D eigenvalue weighted by Crippen LogP contribution is 2.27. The lowest BCUT2D eigenvalue weighted by atomic mass is 9.91. The van der Waals surface area contributed by atoms with Crippen molar-refractivity contribution in [2.24, 2.45) is 5.92 Å². The van der Waals surface area contributed by atoms with Gasteiger partial charge >= 0.3 is 0 Å². The lowest BCUT2D eigenvalue weighted by molar-refractivity contribution is -0.128. The molecule has 1 unspecified atom stereocenters. The van der Waals surface area contributed by atoms with Crippen molar-refractivity contribution in [1.29, 1.82) is 0 Å². The van der Waals surface area contributed by atoms with Crippen LogP contribution in [0.1, 0.15) is 37.7 Å². The molecule has 0 radical (unpaired) electrons. The Bertz CT molecular complexity index is 699. The summed E-state index contributed by atoms with van der Waals surface area (Å²) in [7, 11) is 1.49. The molecule has 0 heterocycles. The smallest absolute Gasteiger partial charge is 0.243 e. The van der Waals surface area contributed by atoms with E-state index < -0.39 is 6.04 Å². The summed E-state index contributed by atoms with van der Waals surface area (Å²) in [6.45, 7) is 0.449. The standard InChI is InChI=1S/C22H35N3O4S2/c1-29-20-9-8-17(10-19(20)26)11-24-22(28)18(25-21(27)12-23-15-30-2)14-31-13-16-6-4-3-5-7-16/h8-10,16,18,23,26H,3-7,11-15H2,1-2H3,(H,24,28)(H,25,27). The summed E-state index contributed by atoms with van der Waals surface area (Å²) in [6.07, 6.45) is 8.39. The van der Waals surface area contributed by atoms with Gasteiger partial charge in [-0.15, -0.1) is 11.8 Å². The Morgan fingerprint density at radius 1 is 1.26 bits per heavy atom. The number of aromatic hydroxyl groups is 1. The van der Waals surface area contributed by atoms with E-state index in [1.807, 2.05) is 6.26 Å². The summed E-state index contributed by atoms with van der Waals surface area (Å²) in [5.41, 5.74) is 0.758. The molecule has 174 valence electrons. The van der Waals surface area contributed by atoms with E-state index in [1.54, 1.807) is 41.7 Å². The maximum absolute atomic E-state index is 12.8. The topological polar surface area (TPSA) is 99.7 Å². The number of methoxy groups -OCH3 is 1. The van der Waals surface area contributed by atoms with Crippen molar-refractivity contribution in [3.05, 3.63) is 23.8 Å². The van der Waals surface area contributed by atoms with Gasteiger partial charge in [0.15, 0.2) is 11.5 Å². The fourth-order valence-electron chi connectivity index (χ4n) is 3.56. The SMILES string of the molecule is COc1ccc(CNC(=O)C(CSCC2CCCCC2)NC(=O)CNCSC)cc1O. The molecule has 7 nitrogen and oxygen atoms in total. The molecule has 1 aromatic carbocycles. The zero-order valence-electron chi connectivity index (χ0n) is 18.4. The molecule has 1 saturated carbocycles. The van der Waals surface area contributed by atoms with Crippen LogP contribution in [0.2, 0.25) is 0 Å². The second-order valence-corrected chi connectivity index (χ2v) is 9.69. The number of rotatable bonds is 13. The fraction of sp³-hybridized carbons (Fsp3) is 0.636. The molecule has 1 aromatic rings. The van der Waals surface area contributed by atoms with E-state index in [0.717, 1.165) is 11.3 Å². The number of phenols is 1. The van der Waals surface area contributed by atoms with Gasteiger partial charge in [0.1, 0.15) is 6.04 Å². The van der Waals surface area contributed by atoms with Crippen LogP contribution in [0.3, 0.4) is 0 Å². The van der Waals surface area contributed by atoms with Crippen LogP contribution in [0.4, 0.5) is 0 Å². The lowest BCUT2D eigenvalue weighted by Crippen LogP contribution is -2.50. The van der Waals surface area contributed by atoms with Crippen LogP contribution in [0.15, 0.2) is 18.2 Å². The number of nitrogens with one attached hydrogen (secondary N) is 3. The van der Waals surface area contributed by atoms with E-state index in [2.05, 4.69) is 16.0 Å². The van der Waals surface area contributed by atoms with E-state index in [0.29, 0.717) is 23.3 Å². The highest BCUT2D eigenvalue weighted by Gasteiger charge is 2.22. The zero-order valence-corrected chi connectivity index (χ0v) is 20.1. The van der Waals surface area contributed by atoms with Gasteiger partial charge in [-0.05, 0) is 48.5 Å². The molecule has 1 aliphatic carbocycles. The number of phenolic OH excluding ortho intramolecular Hbond substituents is 1. The van der Waals surface area contributed by atoms with Crippen LogP contribution in [-0.2, 0) is 16.1 Å². The third-order valence-corrected chi connectivity index (χ3v) is 7.03. The molecule has 1 atom stereocenters. The Hall–Kier alpha value is -1.58. The normalized spacial score (nSPS) is 15.3. The third kappa shape index (κ3) is 9.62. The van der Waals surface area contributed by atoms with Gasteiger partial charge in [0.05, 0.1) is 13.7 Å². The van der Waals surface area contributed by atoms with E-state index in [4.69, 9.17) is 4.74 Å². The summed E-state index contributed by atoms with van der Waals surface area (Å²) < 4.78 is 5.05. The minimum absolute atomic E-state index is 0.0296. The number of carbonyl (C=O) groups excluding carboxylic acids is 2. The molecular weight excluding hydrogens is 434 g/mol. The maximum atomic E-state index is 12.8. The van der Waals surface area contributed by atoms with Crippen LogP contribution in [0.5, 0.6) is 11.5 Å². The number of amides is 2. The van der Waals surface area contributed by atoms with Gasteiger partial charge in [-0.2, -0.15) is 11.8 Å². The Morgan fingerprint density at radius 3 is 2.71 bits per heavy atom. The van der Waals surface area contributed by atoms with Gasteiger partial charge < -0.3 is 20.5 Å². The first kappa shape index (κ1) is 25.7. The number of hydrogen-bond acceptors (Lipinski definition) is 7. The van der Waals surface area contributed by atoms with E-state index in [1.165, 1.54) is 39.2 Å². The first-order chi connectivity index (χ1) is 15.0. The Morgan fingerprint density at radius 2 is 2.03 bits per heavy atom. The van der Waals surface area contributed by atoms with Gasteiger partial charge in [-0.25, -0.2) is 0 Å². The molecule has 0 spiro atoms. The lowest BCUT2D eigenvalue weighted by Gasteiger charge is -2.23. The van der Waals surface area contributed by atoms with Crippen molar-refractivity contribution in [3.63, 3.8) is 0 Å². The average molecular weight is 470 g/mol. The summed E-state index contributed by atoms with van der Waals surface area (Å²) >= 11 is 3.34. The molecule has 9 heteroatoms. The predicted molar refractivity (Wildman–Crippen MR) is 129 cm³/mol. The molecule has 2 rings (SSSR count). The Labute approximate surface area is 193 Å². The van der Waals surface area contributed by atoms with Gasteiger partial charge in [0.25, 0.3) is 0 Å². The van der Waals surface area contributed by atoms with Crippen LogP contribution in [0.25, 0.3) is 0 Å². The van der Waals surface area contributed by atoms with Crippen LogP contribution in [0, 0.1) is 5.92 Å². The first-order valence-corrected chi connectivity index (χ1v) is 13.3. The van der Waals surface area contributed by atoms with Crippen molar-refractivity contribution < 1.29 is 19.4 Å². The summed E-state index contributed by atoms with van der Waals surface area (Å²) in [5.74, 6) is 2.98. The van der Waals surface area contributed by atoms with Gasteiger partial charge in [0, 0.05) is 18.2 Å².